The van der Waals surface area contributed by atoms with Crippen molar-refractivity contribution in [1.82, 2.24) is 5.32 Å². The van der Waals surface area contributed by atoms with Crippen molar-refractivity contribution < 1.29 is 44.9 Å². The summed E-state index contributed by atoms with van der Waals surface area (Å²) < 4.78 is 11.3. The molecule has 9 atom stereocenters. The van der Waals surface area contributed by atoms with Gasteiger partial charge in [0.05, 0.1) is 31.3 Å². The molecule has 270 valence electrons. The summed E-state index contributed by atoms with van der Waals surface area (Å²) in [5.74, 6) is -0.566. The number of rotatable bonds is 23. The lowest BCUT2D eigenvalue weighted by molar-refractivity contribution is -0.303. The maximum Gasteiger partial charge on any atom is 0.228 e. The number of nitrogens with one attached hydrogen (secondary N) is 1. The highest BCUT2D eigenvalue weighted by atomic mass is 16.7. The fourth-order valence-electron chi connectivity index (χ4n) is 7.12. The topological polar surface area (TPSA) is 169 Å². The summed E-state index contributed by atoms with van der Waals surface area (Å²) in [6, 6.07) is 8.52. The molecule has 10 heteroatoms. The van der Waals surface area contributed by atoms with Crippen molar-refractivity contribution in [2.24, 2.45) is 5.92 Å². The van der Waals surface area contributed by atoms with Crippen LogP contribution in [0.5, 0.6) is 0 Å². The van der Waals surface area contributed by atoms with E-state index in [0.29, 0.717) is 6.42 Å². The highest BCUT2D eigenvalue weighted by Gasteiger charge is 2.45. The zero-order valence-corrected chi connectivity index (χ0v) is 28.5. The summed E-state index contributed by atoms with van der Waals surface area (Å²) in [6.45, 7) is 1.29. The van der Waals surface area contributed by atoms with Crippen LogP contribution in [0, 0.1) is 5.92 Å². The summed E-state index contributed by atoms with van der Waals surface area (Å²) in [5.41, 5.74) is 0.886. The molecule has 0 aromatic heterocycles. The number of carbonyl (C=O) groups is 1. The van der Waals surface area contributed by atoms with Crippen LogP contribution in [0.3, 0.4) is 0 Å². The first kappa shape index (κ1) is 39.8. The van der Waals surface area contributed by atoms with E-state index in [2.05, 4.69) is 12.2 Å². The van der Waals surface area contributed by atoms with E-state index < -0.39 is 61.5 Å². The summed E-state index contributed by atoms with van der Waals surface area (Å²) in [4.78, 5) is 13.9. The molecule has 1 unspecified atom stereocenters. The highest BCUT2D eigenvalue weighted by Crippen LogP contribution is 2.37. The second-order valence-corrected chi connectivity index (χ2v) is 13.8. The lowest BCUT2D eigenvalue weighted by Gasteiger charge is -2.40. The van der Waals surface area contributed by atoms with Crippen molar-refractivity contribution in [2.75, 3.05) is 13.2 Å². The van der Waals surface area contributed by atoms with E-state index in [1.165, 1.54) is 51.4 Å². The van der Waals surface area contributed by atoms with Gasteiger partial charge in [0.25, 0.3) is 0 Å². The van der Waals surface area contributed by atoms with Crippen LogP contribution in [0.15, 0.2) is 30.3 Å². The molecule has 0 radical (unpaired) electrons. The van der Waals surface area contributed by atoms with Crippen LogP contribution in [0.2, 0.25) is 0 Å². The average Bonchev–Trinajstić information content (AvgIpc) is 3.61. The predicted octanol–water partition coefficient (Wildman–Crippen LogP) is 4.07. The standard InChI is InChI=1S/C37H63NO9/c1-2-3-4-5-6-7-8-9-10-11-12-16-23-29(40)32(41)28(25-46-37-35(44)34(43)33(42)30(24-39)47-37)38-36(45)31(27-21-17-18-22-27)26-19-14-13-15-20-26/h13-15,19-20,27-35,37,39-44H,2-12,16-18,21-25H2,1H3,(H,38,45)/t28-,29+,30+,31?,32-,33-,34-,35+,37-/m0/s1. The Balaban J connectivity index is 1.57. The number of unbranched alkanes of at least 4 members (excludes halogenated alkanes) is 11. The number of amides is 1. The fraction of sp³-hybridized carbons (Fsp3) is 0.811. The maximum atomic E-state index is 13.9. The molecule has 47 heavy (non-hydrogen) atoms. The molecule has 1 aliphatic heterocycles. The van der Waals surface area contributed by atoms with Crippen molar-refractivity contribution in [3.05, 3.63) is 35.9 Å². The van der Waals surface area contributed by atoms with Crippen LogP contribution in [0.1, 0.15) is 128 Å². The Kier molecular flexibility index (Phi) is 18.8. The highest BCUT2D eigenvalue weighted by molar-refractivity contribution is 5.84. The van der Waals surface area contributed by atoms with Crippen molar-refractivity contribution in [1.29, 1.82) is 0 Å². The van der Waals surface area contributed by atoms with Crippen LogP contribution in [-0.4, -0.2) is 98.7 Å². The van der Waals surface area contributed by atoms with Crippen molar-refractivity contribution >= 4 is 5.91 Å². The van der Waals surface area contributed by atoms with Gasteiger partial charge in [-0.25, -0.2) is 0 Å². The number of hydrogen-bond donors (Lipinski definition) is 7. The first-order chi connectivity index (χ1) is 22.8. The van der Waals surface area contributed by atoms with Gasteiger partial charge in [-0.3, -0.25) is 4.79 Å². The van der Waals surface area contributed by atoms with Gasteiger partial charge in [-0.1, -0.05) is 127 Å². The molecule has 1 aromatic rings. The minimum absolute atomic E-state index is 0.146. The number of hydrogen-bond acceptors (Lipinski definition) is 9. The third-order valence-electron chi connectivity index (χ3n) is 10.1. The minimum atomic E-state index is -1.62. The fourth-order valence-corrected chi connectivity index (χ4v) is 7.12. The first-order valence-electron chi connectivity index (χ1n) is 18.4. The normalized spacial score (nSPS) is 26.1. The minimum Gasteiger partial charge on any atom is -0.394 e. The van der Waals surface area contributed by atoms with E-state index in [1.54, 1.807) is 0 Å². The zero-order chi connectivity index (χ0) is 34.0. The Hall–Kier alpha value is -1.63. The van der Waals surface area contributed by atoms with Gasteiger partial charge in [-0.15, -0.1) is 0 Å². The predicted molar refractivity (Wildman–Crippen MR) is 180 cm³/mol. The lowest BCUT2D eigenvalue weighted by Crippen LogP contribution is -2.60. The van der Waals surface area contributed by atoms with E-state index in [4.69, 9.17) is 9.47 Å². The molecular weight excluding hydrogens is 602 g/mol. The molecule has 1 saturated carbocycles. The second-order valence-electron chi connectivity index (χ2n) is 13.8. The molecular formula is C37H63NO9. The Bertz CT molecular complexity index is 960. The summed E-state index contributed by atoms with van der Waals surface area (Å²) in [6.07, 6.45) is 8.68. The number of aliphatic hydroxyl groups excluding tert-OH is 6. The Morgan fingerprint density at radius 3 is 2.00 bits per heavy atom. The molecule has 10 nitrogen and oxygen atoms in total. The van der Waals surface area contributed by atoms with Gasteiger partial charge in [-0.05, 0) is 30.7 Å². The van der Waals surface area contributed by atoms with Gasteiger partial charge in [0.2, 0.25) is 5.91 Å². The Labute approximate surface area is 281 Å². The SMILES string of the molecule is CCCCCCCCCCCCCC[C@@H](O)[C@@H](O)[C@H](CO[C@H]1O[C@H](CO)[C@H](O)[C@H](O)[C@H]1O)NC(=O)C(c1ccccc1)C1CCCC1. The smallest absolute Gasteiger partial charge is 0.228 e. The number of aliphatic hydroxyl groups is 6. The monoisotopic (exact) mass is 665 g/mol. The van der Waals surface area contributed by atoms with E-state index in [1.807, 2.05) is 30.3 Å². The zero-order valence-electron chi connectivity index (χ0n) is 28.5. The third kappa shape index (κ3) is 13.0. The van der Waals surface area contributed by atoms with Gasteiger partial charge >= 0.3 is 0 Å². The van der Waals surface area contributed by atoms with Crippen molar-refractivity contribution in [3.63, 3.8) is 0 Å². The maximum absolute atomic E-state index is 13.9. The van der Waals surface area contributed by atoms with E-state index in [0.717, 1.165) is 56.9 Å². The summed E-state index contributed by atoms with van der Waals surface area (Å²) in [5, 5.41) is 65.7. The largest absolute Gasteiger partial charge is 0.394 e. The molecule has 1 heterocycles. The van der Waals surface area contributed by atoms with E-state index >= 15 is 0 Å². The lowest BCUT2D eigenvalue weighted by atomic mass is 9.83. The quantitative estimate of drug-likeness (QED) is 0.0852. The molecule has 0 bridgehead atoms. The van der Waals surface area contributed by atoms with E-state index in [9.17, 15) is 35.4 Å². The van der Waals surface area contributed by atoms with Crippen LogP contribution in [0.25, 0.3) is 0 Å². The van der Waals surface area contributed by atoms with E-state index in [-0.39, 0.29) is 18.4 Å². The van der Waals surface area contributed by atoms with Gasteiger partial charge in [0.1, 0.15) is 30.5 Å². The van der Waals surface area contributed by atoms with Gasteiger partial charge in [0.15, 0.2) is 6.29 Å². The summed E-state index contributed by atoms with van der Waals surface area (Å²) >= 11 is 0. The third-order valence-corrected chi connectivity index (χ3v) is 10.1. The van der Waals surface area contributed by atoms with Crippen molar-refractivity contribution in [3.8, 4) is 0 Å². The Morgan fingerprint density at radius 2 is 1.43 bits per heavy atom. The van der Waals surface area contributed by atoms with Gasteiger partial charge < -0.3 is 45.4 Å². The molecule has 0 spiro atoms. The molecule has 3 rings (SSSR count). The van der Waals surface area contributed by atoms with Gasteiger partial charge in [-0.2, -0.15) is 0 Å². The first-order valence-corrected chi connectivity index (χ1v) is 18.4. The van der Waals surface area contributed by atoms with Crippen molar-refractivity contribution in [2.45, 2.75) is 171 Å². The second kappa shape index (κ2) is 22.2. The molecule has 1 aromatic carbocycles. The molecule has 7 N–H and O–H groups in total. The molecule has 2 aliphatic rings. The molecule has 2 fully saturated rings. The van der Waals surface area contributed by atoms with Crippen LogP contribution in [0.4, 0.5) is 0 Å². The number of carbonyl (C=O) groups excluding carboxylic acids is 1. The van der Waals surface area contributed by atoms with Crippen LogP contribution < -0.4 is 5.32 Å². The number of ether oxygens (including phenoxy) is 2. The van der Waals surface area contributed by atoms with Crippen LogP contribution in [-0.2, 0) is 14.3 Å². The summed E-state index contributed by atoms with van der Waals surface area (Å²) in [7, 11) is 0. The molecule has 1 saturated heterocycles. The van der Waals surface area contributed by atoms with Gasteiger partial charge in [0, 0.05) is 0 Å². The Morgan fingerprint density at radius 1 is 0.851 bits per heavy atom. The molecule has 1 aliphatic carbocycles. The average molecular weight is 666 g/mol. The number of benzene rings is 1. The van der Waals surface area contributed by atoms with Crippen LogP contribution >= 0.6 is 0 Å². The molecule has 1 amide bonds.